The lowest BCUT2D eigenvalue weighted by Crippen LogP contribution is -2.10. The van der Waals surface area contributed by atoms with E-state index in [1.165, 1.54) is 12.1 Å². The third-order valence-electron chi connectivity index (χ3n) is 4.42. The van der Waals surface area contributed by atoms with Gasteiger partial charge in [0.2, 0.25) is 5.12 Å². The third kappa shape index (κ3) is 3.55. The SMILES string of the molecule is O=C1NC(=Cc2cccc3c2ccn3Cc2ccc(C(F)(F)F)cc2)C(=O)S1. The Hall–Kier alpha value is -3.00. The largest absolute Gasteiger partial charge is 0.416 e. The summed E-state index contributed by atoms with van der Waals surface area (Å²) in [6.07, 6.45) is -0.883. The molecule has 4 rings (SSSR count). The molecule has 0 atom stereocenters. The van der Waals surface area contributed by atoms with Gasteiger partial charge in [-0.1, -0.05) is 24.3 Å². The number of rotatable bonds is 3. The minimum absolute atomic E-state index is 0.234. The molecule has 1 aromatic heterocycles. The number of alkyl halides is 3. The van der Waals surface area contributed by atoms with Crippen LogP contribution in [0.4, 0.5) is 18.0 Å². The highest BCUT2D eigenvalue weighted by molar-refractivity contribution is 8.27. The molecule has 8 heteroatoms. The van der Waals surface area contributed by atoms with Gasteiger partial charge in [0.1, 0.15) is 0 Å². The maximum Gasteiger partial charge on any atom is 0.416 e. The molecule has 0 unspecified atom stereocenters. The molecule has 1 N–H and O–H groups in total. The van der Waals surface area contributed by atoms with E-state index in [9.17, 15) is 22.8 Å². The number of hydrogen-bond donors (Lipinski definition) is 1. The molecule has 3 aromatic rings. The fourth-order valence-electron chi connectivity index (χ4n) is 3.08. The summed E-state index contributed by atoms with van der Waals surface area (Å²) in [5.41, 5.74) is 1.94. The lowest BCUT2D eigenvalue weighted by molar-refractivity contribution is -0.137. The van der Waals surface area contributed by atoms with Crippen LogP contribution in [0.2, 0.25) is 0 Å². The van der Waals surface area contributed by atoms with Crippen molar-refractivity contribution in [2.45, 2.75) is 12.7 Å². The molecule has 4 nitrogen and oxygen atoms in total. The summed E-state index contributed by atoms with van der Waals surface area (Å²) in [4.78, 5) is 23.1. The van der Waals surface area contributed by atoms with Crippen LogP contribution in [0.15, 0.2) is 60.4 Å². The van der Waals surface area contributed by atoms with E-state index in [4.69, 9.17) is 0 Å². The van der Waals surface area contributed by atoms with E-state index in [1.54, 1.807) is 6.08 Å². The fourth-order valence-corrected chi connectivity index (χ4v) is 3.63. The Labute approximate surface area is 162 Å². The van der Waals surface area contributed by atoms with Crippen molar-refractivity contribution in [1.82, 2.24) is 9.88 Å². The van der Waals surface area contributed by atoms with Crippen molar-refractivity contribution in [3.63, 3.8) is 0 Å². The maximum atomic E-state index is 12.7. The van der Waals surface area contributed by atoms with Gasteiger partial charge in [0.05, 0.1) is 11.3 Å². The predicted molar refractivity (Wildman–Crippen MR) is 102 cm³/mol. The highest BCUT2D eigenvalue weighted by atomic mass is 32.2. The van der Waals surface area contributed by atoms with E-state index in [1.807, 2.05) is 35.0 Å². The van der Waals surface area contributed by atoms with Crippen molar-refractivity contribution < 1.29 is 22.8 Å². The highest BCUT2D eigenvalue weighted by Crippen LogP contribution is 2.30. The first-order chi connectivity index (χ1) is 13.3. The number of halogens is 3. The lowest BCUT2D eigenvalue weighted by atomic mass is 10.1. The first-order valence-electron chi connectivity index (χ1n) is 8.30. The second kappa shape index (κ2) is 6.87. The smallest absolute Gasteiger partial charge is 0.343 e. The van der Waals surface area contributed by atoms with Crippen LogP contribution in [0.25, 0.3) is 17.0 Å². The van der Waals surface area contributed by atoms with Gasteiger partial charge < -0.3 is 9.88 Å². The van der Waals surface area contributed by atoms with E-state index in [0.717, 1.165) is 34.2 Å². The van der Waals surface area contributed by atoms with E-state index in [-0.39, 0.29) is 10.8 Å². The minimum Gasteiger partial charge on any atom is -0.343 e. The Morgan fingerprint density at radius 1 is 1.04 bits per heavy atom. The monoisotopic (exact) mass is 402 g/mol. The summed E-state index contributed by atoms with van der Waals surface area (Å²) < 4.78 is 40.0. The second-order valence-corrected chi connectivity index (χ2v) is 7.22. The third-order valence-corrected chi connectivity index (χ3v) is 5.12. The number of aromatic nitrogens is 1. The molecule has 0 radical (unpaired) electrons. The molecule has 1 amide bonds. The summed E-state index contributed by atoms with van der Waals surface area (Å²) in [6, 6.07) is 12.5. The number of benzene rings is 2. The summed E-state index contributed by atoms with van der Waals surface area (Å²) in [5, 5.41) is 2.67. The Morgan fingerprint density at radius 3 is 2.43 bits per heavy atom. The van der Waals surface area contributed by atoms with Gasteiger partial charge in [-0.15, -0.1) is 0 Å². The molecule has 0 bridgehead atoms. The molecule has 142 valence electrons. The van der Waals surface area contributed by atoms with Gasteiger partial charge in [0.25, 0.3) is 5.24 Å². The maximum absolute atomic E-state index is 12.7. The zero-order valence-corrected chi connectivity index (χ0v) is 15.1. The van der Waals surface area contributed by atoms with Crippen molar-refractivity contribution in [3.8, 4) is 0 Å². The summed E-state index contributed by atoms with van der Waals surface area (Å²) in [6.45, 7) is 0.410. The number of carbonyl (C=O) groups excluding carboxylic acids is 2. The van der Waals surface area contributed by atoms with Crippen LogP contribution in [-0.2, 0) is 17.5 Å². The predicted octanol–water partition coefficient (Wildman–Crippen LogP) is 5.03. The number of thioether (sulfide) groups is 1. The van der Waals surface area contributed by atoms with Gasteiger partial charge in [0.15, 0.2) is 0 Å². The van der Waals surface area contributed by atoms with Gasteiger partial charge in [-0.3, -0.25) is 9.59 Å². The highest BCUT2D eigenvalue weighted by Gasteiger charge is 2.30. The summed E-state index contributed by atoms with van der Waals surface area (Å²) in [7, 11) is 0. The Kier molecular flexibility index (Phi) is 4.50. The van der Waals surface area contributed by atoms with Crippen molar-refractivity contribution >= 4 is 39.1 Å². The first kappa shape index (κ1) is 18.4. The molecule has 1 aliphatic heterocycles. The summed E-state index contributed by atoms with van der Waals surface area (Å²) >= 11 is 0.620. The van der Waals surface area contributed by atoms with Gasteiger partial charge in [-0.05, 0) is 41.5 Å². The number of hydrogen-bond acceptors (Lipinski definition) is 3. The molecule has 2 heterocycles. The van der Waals surface area contributed by atoms with Crippen molar-refractivity contribution in [2.24, 2.45) is 0 Å². The number of fused-ring (bicyclic) bond motifs is 1. The zero-order chi connectivity index (χ0) is 19.9. The minimum atomic E-state index is -4.35. The molecule has 0 aliphatic carbocycles. The first-order valence-corrected chi connectivity index (χ1v) is 9.12. The molecule has 1 fully saturated rings. The number of nitrogens with one attached hydrogen (secondary N) is 1. The topological polar surface area (TPSA) is 51.1 Å². The summed E-state index contributed by atoms with van der Waals surface area (Å²) in [5.74, 6) is 0. The van der Waals surface area contributed by atoms with Crippen LogP contribution in [0.3, 0.4) is 0 Å². The normalized spacial score (nSPS) is 16.2. The van der Waals surface area contributed by atoms with E-state index < -0.39 is 17.0 Å². The van der Waals surface area contributed by atoms with Crippen LogP contribution in [-0.4, -0.2) is 14.9 Å². The van der Waals surface area contributed by atoms with Gasteiger partial charge in [-0.25, -0.2) is 0 Å². The molecule has 0 saturated carbocycles. The average molecular weight is 402 g/mol. The molecular weight excluding hydrogens is 389 g/mol. The molecule has 28 heavy (non-hydrogen) atoms. The van der Waals surface area contributed by atoms with Crippen LogP contribution in [0.1, 0.15) is 16.7 Å². The molecule has 2 aromatic carbocycles. The van der Waals surface area contributed by atoms with Crippen LogP contribution >= 0.6 is 11.8 Å². The quantitative estimate of drug-likeness (QED) is 0.625. The van der Waals surface area contributed by atoms with E-state index in [0.29, 0.717) is 18.3 Å². The number of amides is 1. The van der Waals surface area contributed by atoms with Crippen molar-refractivity contribution in [1.29, 1.82) is 0 Å². The molecule has 1 saturated heterocycles. The number of nitrogens with zero attached hydrogens (tertiary/aromatic N) is 1. The van der Waals surface area contributed by atoms with E-state index >= 15 is 0 Å². The van der Waals surface area contributed by atoms with Crippen LogP contribution in [0.5, 0.6) is 0 Å². The van der Waals surface area contributed by atoms with Crippen molar-refractivity contribution in [3.05, 3.63) is 77.1 Å². The van der Waals surface area contributed by atoms with Gasteiger partial charge in [0, 0.05) is 35.4 Å². The number of carbonyl (C=O) groups is 2. The Balaban J connectivity index is 1.64. The second-order valence-electron chi connectivity index (χ2n) is 6.28. The standard InChI is InChI=1S/C20H13F3N2O2S/c21-20(22,23)14-6-4-12(5-7-14)11-25-9-8-15-13(2-1-3-17(15)25)10-16-18(26)28-19(27)24-16/h1-10H,11H2,(H,24,27). The van der Waals surface area contributed by atoms with Crippen LogP contribution in [0, 0.1) is 0 Å². The van der Waals surface area contributed by atoms with Gasteiger partial charge >= 0.3 is 6.18 Å². The molecule has 1 aliphatic rings. The Morgan fingerprint density at radius 2 is 1.79 bits per heavy atom. The lowest BCUT2D eigenvalue weighted by Gasteiger charge is -2.09. The Bertz CT molecular complexity index is 1110. The average Bonchev–Trinajstić information content (AvgIpc) is 3.18. The van der Waals surface area contributed by atoms with E-state index in [2.05, 4.69) is 5.32 Å². The zero-order valence-electron chi connectivity index (χ0n) is 14.3. The molecule has 0 spiro atoms. The molecular formula is C20H13F3N2O2S. The van der Waals surface area contributed by atoms with Gasteiger partial charge in [-0.2, -0.15) is 13.2 Å². The fraction of sp³-hybridized carbons (Fsp3) is 0.100. The van der Waals surface area contributed by atoms with Crippen LogP contribution < -0.4 is 5.32 Å². The van der Waals surface area contributed by atoms with Crippen molar-refractivity contribution in [2.75, 3.05) is 0 Å².